The molecule has 1 nitrogen and oxygen atoms in total. The van der Waals surface area contributed by atoms with Crippen molar-refractivity contribution in [3.05, 3.63) is 47.8 Å². The van der Waals surface area contributed by atoms with Gasteiger partial charge in [0.05, 0.1) is 6.10 Å². The molecule has 0 spiro atoms. The number of aliphatic hydroxyl groups excluding tert-OH is 1. The van der Waals surface area contributed by atoms with E-state index >= 15 is 0 Å². The van der Waals surface area contributed by atoms with E-state index in [2.05, 4.69) is 20.8 Å². The average molecular weight is 208 g/mol. The lowest BCUT2D eigenvalue weighted by Crippen LogP contribution is -2.01. The quantitative estimate of drug-likeness (QED) is 0.738. The maximum Gasteiger partial charge on any atom is 0.123 e. The Morgan fingerprint density at radius 3 is 2.20 bits per heavy atom. The van der Waals surface area contributed by atoms with Crippen molar-refractivity contribution < 1.29 is 9.50 Å². The molecule has 0 radical (unpaired) electrons. The normalized spacial score (nSPS) is 14.5. The standard InChI is InChI=1S/C13H17FO/c1-13(2,3)9-8-12(15)10-4-6-11(14)7-5-10/h4-9,12,15H,1-3H3/b9-8+/t12-/m0/s1. The first-order valence-corrected chi connectivity index (χ1v) is 5.01. The van der Waals surface area contributed by atoms with Crippen molar-refractivity contribution in [2.75, 3.05) is 0 Å². The van der Waals surface area contributed by atoms with Gasteiger partial charge in [0.25, 0.3) is 0 Å². The lowest BCUT2D eigenvalue weighted by Gasteiger charge is -2.13. The Kier molecular flexibility index (Phi) is 3.64. The summed E-state index contributed by atoms with van der Waals surface area (Å²) in [6, 6.07) is 5.88. The summed E-state index contributed by atoms with van der Waals surface area (Å²) in [6.45, 7) is 6.17. The maximum atomic E-state index is 12.6. The van der Waals surface area contributed by atoms with E-state index in [1.54, 1.807) is 18.2 Å². The summed E-state index contributed by atoms with van der Waals surface area (Å²) >= 11 is 0. The Hall–Kier alpha value is -1.15. The minimum Gasteiger partial charge on any atom is -0.384 e. The first-order chi connectivity index (χ1) is 6.88. The van der Waals surface area contributed by atoms with Crippen LogP contribution in [0.25, 0.3) is 0 Å². The molecule has 0 bridgehead atoms. The molecule has 0 aromatic heterocycles. The molecule has 0 heterocycles. The molecule has 0 unspecified atom stereocenters. The van der Waals surface area contributed by atoms with Gasteiger partial charge in [-0.25, -0.2) is 4.39 Å². The summed E-state index contributed by atoms with van der Waals surface area (Å²) < 4.78 is 12.6. The molecule has 0 saturated carbocycles. The molecule has 1 atom stereocenters. The highest BCUT2D eigenvalue weighted by molar-refractivity contribution is 5.22. The average Bonchev–Trinajstić information content (AvgIpc) is 2.14. The molecule has 0 aliphatic carbocycles. The molecule has 1 N–H and O–H groups in total. The van der Waals surface area contributed by atoms with Crippen LogP contribution in [0.5, 0.6) is 0 Å². The van der Waals surface area contributed by atoms with Crippen molar-refractivity contribution in [3.63, 3.8) is 0 Å². The number of hydrogen-bond acceptors (Lipinski definition) is 1. The number of aliphatic hydroxyl groups is 1. The van der Waals surface area contributed by atoms with Crippen LogP contribution >= 0.6 is 0 Å². The van der Waals surface area contributed by atoms with Crippen molar-refractivity contribution in [2.24, 2.45) is 5.41 Å². The van der Waals surface area contributed by atoms with Crippen LogP contribution in [0.15, 0.2) is 36.4 Å². The maximum absolute atomic E-state index is 12.6. The van der Waals surface area contributed by atoms with E-state index in [9.17, 15) is 9.50 Å². The Morgan fingerprint density at radius 1 is 1.20 bits per heavy atom. The van der Waals surface area contributed by atoms with Crippen LogP contribution in [0.4, 0.5) is 4.39 Å². The molecular weight excluding hydrogens is 191 g/mol. The third-order valence-electron chi connectivity index (χ3n) is 1.99. The van der Waals surface area contributed by atoms with E-state index in [1.165, 1.54) is 12.1 Å². The molecule has 0 aliphatic heterocycles. The predicted molar refractivity (Wildman–Crippen MR) is 60.0 cm³/mol. The fourth-order valence-corrected chi connectivity index (χ4v) is 1.15. The van der Waals surface area contributed by atoms with Crippen molar-refractivity contribution in [3.8, 4) is 0 Å². The molecule has 0 aliphatic rings. The summed E-state index contributed by atoms with van der Waals surface area (Å²) in [6.07, 6.45) is 3.01. The van der Waals surface area contributed by atoms with Gasteiger partial charge < -0.3 is 5.11 Å². The predicted octanol–water partition coefficient (Wildman–Crippen LogP) is 3.46. The van der Waals surface area contributed by atoms with E-state index < -0.39 is 6.10 Å². The Balaban J connectivity index is 2.73. The molecular formula is C13H17FO. The van der Waals surface area contributed by atoms with Crippen LogP contribution in [-0.2, 0) is 0 Å². The molecule has 2 heteroatoms. The zero-order chi connectivity index (χ0) is 11.5. The molecule has 0 amide bonds. The zero-order valence-electron chi connectivity index (χ0n) is 9.37. The van der Waals surface area contributed by atoms with E-state index in [1.807, 2.05) is 6.08 Å². The van der Waals surface area contributed by atoms with Crippen molar-refractivity contribution >= 4 is 0 Å². The van der Waals surface area contributed by atoms with E-state index in [-0.39, 0.29) is 11.2 Å². The fourth-order valence-electron chi connectivity index (χ4n) is 1.15. The molecule has 1 aromatic rings. The Labute approximate surface area is 90.3 Å². The van der Waals surface area contributed by atoms with Crippen LogP contribution in [0.2, 0.25) is 0 Å². The lowest BCUT2D eigenvalue weighted by atomic mass is 9.95. The van der Waals surface area contributed by atoms with Crippen LogP contribution < -0.4 is 0 Å². The second-order valence-electron chi connectivity index (χ2n) is 4.72. The lowest BCUT2D eigenvalue weighted by molar-refractivity contribution is 0.227. The minimum absolute atomic E-state index is 0.0427. The van der Waals surface area contributed by atoms with Crippen LogP contribution in [0, 0.1) is 11.2 Å². The van der Waals surface area contributed by atoms with Gasteiger partial charge in [-0.3, -0.25) is 0 Å². The van der Waals surface area contributed by atoms with Gasteiger partial charge in [-0.1, -0.05) is 45.1 Å². The highest BCUT2D eigenvalue weighted by Crippen LogP contribution is 2.20. The molecule has 82 valence electrons. The number of hydrogen-bond donors (Lipinski definition) is 1. The molecule has 0 saturated heterocycles. The first kappa shape index (κ1) is 11.9. The van der Waals surface area contributed by atoms with E-state index in [0.717, 1.165) is 0 Å². The monoisotopic (exact) mass is 208 g/mol. The molecule has 1 rings (SSSR count). The first-order valence-electron chi connectivity index (χ1n) is 5.01. The second-order valence-corrected chi connectivity index (χ2v) is 4.72. The molecule has 0 fully saturated rings. The Bertz CT molecular complexity index is 333. The van der Waals surface area contributed by atoms with E-state index in [4.69, 9.17) is 0 Å². The topological polar surface area (TPSA) is 20.2 Å². The third kappa shape index (κ3) is 4.26. The van der Waals surface area contributed by atoms with Gasteiger partial charge in [-0.05, 0) is 23.1 Å². The van der Waals surface area contributed by atoms with Gasteiger partial charge in [-0.15, -0.1) is 0 Å². The highest BCUT2D eigenvalue weighted by atomic mass is 19.1. The van der Waals surface area contributed by atoms with Crippen LogP contribution in [0.1, 0.15) is 32.4 Å². The van der Waals surface area contributed by atoms with Crippen molar-refractivity contribution in [1.29, 1.82) is 0 Å². The second kappa shape index (κ2) is 4.58. The smallest absolute Gasteiger partial charge is 0.123 e. The minimum atomic E-state index is -0.662. The fraction of sp³-hybridized carbons (Fsp3) is 0.385. The SMILES string of the molecule is CC(C)(C)/C=C/[C@H](O)c1ccc(F)cc1. The van der Waals surface area contributed by atoms with Crippen molar-refractivity contribution in [1.82, 2.24) is 0 Å². The molecule has 1 aromatic carbocycles. The summed E-state index contributed by atoms with van der Waals surface area (Å²) in [5, 5.41) is 9.77. The number of rotatable bonds is 2. The summed E-state index contributed by atoms with van der Waals surface area (Å²) in [7, 11) is 0. The third-order valence-corrected chi connectivity index (χ3v) is 1.99. The highest BCUT2D eigenvalue weighted by Gasteiger charge is 2.07. The van der Waals surface area contributed by atoms with Crippen LogP contribution in [0.3, 0.4) is 0 Å². The van der Waals surface area contributed by atoms with Gasteiger partial charge >= 0.3 is 0 Å². The van der Waals surface area contributed by atoms with Gasteiger partial charge in [0.2, 0.25) is 0 Å². The zero-order valence-corrected chi connectivity index (χ0v) is 9.37. The van der Waals surface area contributed by atoms with Crippen molar-refractivity contribution in [2.45, 2.75) is 26.9 Å². The summed E-state index contributed by atoms with van der Waals surface area (Å²) in [5.74, 6) is -0.286. The number of benzene rings is 1. The largest absolute Gasteiger partial charge is 0.384 e. The number of allylic oxidation sites excluding steroid dienone is 1. The van der Waals surface area contributed by atoms with Gasteiger partial charge in [-0.2, -0.15) is 0 Å². The van der Waals surface area contributed by atoms with Gasteiger partial charge in [0, 0.05) is 0 Å². The van der Waals surface area contributed by atoms with E-state index in [0.29, 0.717) is 5.56 Å². The Morgan fingerprint density at radius 2 is 1.73 bits per heavy atom. The van der Waals surface area contributed by atoms with Crippen LogP contribution in [-0.4, -0.2) is 5.11 Å². The summed E-state index contributed by atoms with van der Waals surface area (Å²) in [4.78, 5) is 0. The van der Waals surface area contributed by atoms with Gasteiger partial charge in [0.15, 0.2) is 0 Å². The summed E-state index contributed by atoms with van der Waals surface area (Å²) in [5.41, 5.74) is 0.748. The molecule has 15 heavy (non-hydrogen) atoms. The van der Waals surface area contributed by atoms with Gasteiger partial charge in [0.1, 0.15) is 5.82 Å². The number of halogens is 1.